The average Bonchev–Trinajstić information content (AvgIpc) is 2.49. The molecule has 1 aromatic carbocycles. The van der Waals surface area contributed by atoms with Crippen LogP contribution < -0.4 is 4.72 Å². The molecule has 0 bridgehead atoms. The first-order chi connectivity index (χ1) is 9.96. The summed E-state index contributed by atoms with van der Waals surface area (Å²) in [5.41, 5.74) is 1.54. The first-order valence-corrected chi connectivity index (χ1v) is 9.24. The Balaban J connectivity index is 1.99. The third kappa shape index (κ3) is 4.53. The summed E-state index contributed by atoms with van der Waals surface area (Å²) in [6.45, 7) is 2.32. The molecule has 2 rings (SSSR count). The first kappa shape index (κ1) is 16.5. The van der Waals surface area contributed by atoms with E-state index in [0.29, 0.717) is 6.54 Å². The molecule has 1 saturated carbocycles. The van der Waals surface area contributed by atoms with Crippen molar-refractivity contribution >= 4 is 10.0 Å². The summed E-state index contributed by atoms with van der Waals surface area (Å²) in [5, 5.41) is 9.64. The van der Waals surface area contributed by atoms with Crippen molar-refractivity contribution < 1.29 is 13.5 Å². The number of rotatable bonds is 6. The quantitative estimate of drug-likeness (QED) is 0.847. The normalized spacial score (nSPS) is 18.6. The molecule has 0 aliphatic heterocycles. The second kappa shape index (κ2) is 6.90. The molecule has 1 fully saturated rings. The molecular weight excluding hydrogens is 286 g/mol. The van der Waals surface area contributed by atoms with Crippen LogP contribution in [0.4, 0.5) is 0 Å². The molecule has 21 heavy (non-hydrogen) atoms. The summed E-state index contributed by atoms with van der Waals surface area (Å²) < 4.78 is 27.2. The summed E-state index contributed by atoms with van der Waals surface area (Å²) in [4.78, 5) is 0. The van der Waals surface area contributed by atoms with Crippen LogP contribution in [-0.4, -0.2) is 26.7 Å². The lowest BCUT2D eigenvalue weighted by Gasteiger charge is -2.35. The van der Waals surface area contributed by atoms with E-state index in [1.807, 2.05) is 31.2 Å². The van der Waals surface area contributed by atoms with E-state index in [-0.39, 0.29) is 17.8 Å². The summed E-state index contributed by atoms with van der Waals surface area (Å²) in [7, 11) is -3.37. The summed E-state index contributed by atoms with van der Waals surface area (Å²) in [6.07, 6.45) is 5.12. The van der Waals surface area contributed by atoms with Crippen LogP contribution in [0.5, 0.6) is 0 Å². The first-order valence-electron chi connectivity index (χ1n) is 7.59. The van der Waals surface area contributed by atoms with Crippen LogP contribution in [0, 0.1) is 12.3 Å². The van der Waals surface area contributed by atoms with Gasteiger partial charge in [-0.1, -0.05) is 43.5 Å². The van der Waals surface area contributed by atoms with Crippen molar-refractivity contribution in [3.8, 4) is 0 Å². The zero-order chi connectivity index (χ0) is 15.3. The van der Waals surface area contributed by atoms with Crippen molar-refractivity contribution in [3.63, 3.8) is 0 Å². The SMILES string of the molecule is Cc1ccccc1CS(=O)(=O)NCC1(CO)CCCCC1. The standard InChI is InChI=1S/C16H25NO3S/c1-14-7-3-4-8-15(14)11-21(19,20)17-12-16(13-18)9-5-2-6-10-16/h3-4,7-8,17-18H,2,5-6,9-13H2,1H3. The van der Waals surface area contributed by atoms with Gasteiger partial charge in [0.1, 0.15) is 0 Å². The van der Waals surface area contributed by atoms with E-state index in [2.05, 4.69) is 4.72 Å². The van der Waals surface area contributed by atoms with Gasteiger partial charge in [-0.3, -0.25) is 0 Å². The number of nitrogens with one attached hydrogen (secondary N) is 1. The topological polar surface area (TPSA) is 66.4 Å². The molecular formula is C16H25NO3S. The van der Waals surface area contributed by atoms with Gasteiger partial charge in [0.25, 0.3) is 0 Å². The van der Waals surface area contributed by atoms with E-state index >= 15 is 0 Å². The van der Waals surface area contributed by atoms with Crippen LogP contribution >= 0.6 is 0 Å². The van der Waals surface area contributed by atoms with Crippen molar-refractivity contribution in [3.05, 3.63) is 35.4 Å². The van der Waals surface area contributed by atoms with Crippen molar-refractivity contribution in [2.75, 3.05) is 13.2 Å². The second-order valence-electron chi connectivity index (χ2n) is 6.23. The minimum atomic E-state index is -3.37. The molecule has 1 aliphatic rings. The second-order valence-corrected chi connectivity index (χ2v) is 8.03. The van der Waals surface area contributed by atoms with E-state index in [9.17, 15) is 13.5 Å². The van der Waals surface area contributed by atoms with Gasteiger partial charge < -0.3 is 5.11 Å². The van der Waals surface area contributed by atoms with Crippen molar-refractivity contribution in [1.29, 1.82) is 0 Å². The molecule has 0 heterocycles. The Kier molecular flexibility index (Phi) is 5.41. The van der Waals surface area contributed by atoms with Crippen LogP contribution in [0.3, 0.4) is 0 Å². The lowest BCUT2D eigenvalue weighted by molar-refractivity contribution is 0.0867. The van der Waals surface area contributed by atoms with Gasteiger partial charge in [0.15, 0.2) is 0 Å². The van der Waals surface area contributed by atoms with Gasteiger partial charge in [0, 0.05) is 18.6 Å². The minimum absolute atomic E-state index is 0.00117. The Morgan fingerprint density at radius 3 is 2.48 bits per heavy atom. The molecule has 0 amide bonds. The van der Waals surface area contributed by atoms with Gasteiger partial charge >= 0.3 is 0 Å². The molecule has 5 heteroatoms. The van der Waals surface area contributed by atoms with Gasteiger partial charge in [-0.15, -0.1) is 0 Å². The molecule has 0 atom stereocenters. The fourth-order valence-electron chi connectivity index (χ4n) is 2.98. The lowest BCUT2D eigenvalue weighted by Crippen LogP contribution is -2.41. The zero-order valence-corrected chi connectivity index (χ0v) is 13.5. The summed E-state index contributed by atoms with van der Waals surface area (Å²) >= 11 is 0. The van der Waals surface area contributed by atoms with E-state index in [0.717, 1.165) is 36.8 Å². The average molecular weight is 311 g/mol. The lowest BCUT2D eigenvalue weighted by atomic mass is 9.75. The predicted molar refractivity (Wildman–Crippen MR) is 84.4 cm³/mol. The maximum Gasteiger partial charge on any atom is 0.215 e. The largest absolute Gasteiger partial charge is 0.396 e. The van der Waals surface area contributed by atoms with Gasteiger partial charge in [-0.05, 0) is 30.9 Å². The highest BCUT2D eigenvalue weighted by molar-refractivity contribution is 7.88. The molecule has 2 N–H and O–H groups in total. The highest BCUT2D eigenvalue weighted by atomic mass is 32.2. The molecule has 0 radical (unpaired) electrons. The Bertz CT molecular complexity index is 563. The minimum Gasteiger partial charge on any atom is -0.396 e. The Labute approximate surface area is 127 Å². The number of benzene rings is 1. The van der Waals surface area contributed by atoms with Gasteiger partial charge in [0.05, 0.1) is 5.75 Å². The third-order valence-corrected chi connectivity index (χ3v) is 5.80. The van der Waals surface area contributed by atoms with E-state index in [1.54, 1.807) is 0 Å². The number of aryl methyl sites for hydroxylation is 1. The fraction of sp³-hybridized carbons (Fsp3) is 0.625. The smallest absolute Gasteiger partial charge is 0.215 e. The highest BCUT2D eigenvalue weighted by Gasteiger charge is 2.32. The Hall–Kier alpha value is -0.910. The van der Waals surface area contributed by atoms with E-state index in [4.69, 9.17) is 0 Å². The molecule has 4 nitrogen and oxygen atoms in total. The predicted octanol–water partition coefficient (Wildman–Crippen LogP) is 2.36. The maximum absolute atomic E-state index is 12.3. The Morgan fingerprint density at radius 2 is 1.86 bits per heavy atom. The molecule has 0 saturated heterocycles. The monoisotopic (exact) mass is 311 g/mol. The summed E-state index contributed by atoms with van der Waals surface area (Å²) in [5.74, 6) is 0.00117. The molecule has 0 spiro atoms. The molecule has 1 aliphatic carbocycles. The van der Waals surface area contributed by atoms with Crippen LogP contribution in [-0.2, 0) is 15.8 Å². The number of aliphatic hydroxyl groups excluding tert-OH is 1. The molecule has 1 aromatic rings. The van der Waals surface area contributed by atoms with E-state index in [1.165, 1.54) is 6.42 Å². The van der Waals surface area contributed by atoms with Crippen LogP contribution in [0.1, 0.15) is 43.2 Å². The van der Waals surface area contributed by atoms with Crippen LogP contribution in [0.15, 0.2) is 24.3 Å². The van der Waals surface area contributed by atoms with Crippen molar-refractivity contribution in [1.82, 2.24) is 4.72 Å². The van der Waals surface area contributed by atoms with Gasteiger partial charge in [-0.25, -0.2) is 13.1 Å². The zero-order valence-electron chi connectivity index (χ0n) is 12.6. The van der Waals surface area contributed by atoms with Gasteiger partial charge in [-0.2, -0.15) is 0 Å². The number of hydrogen-bond acceptors (Lipinski definition) is 3. The molecule has 0 aromatic heterocycles. The van der Waals surface area contributed by atoms with E-state index < -0.39 is 10.0 Å². The highest BCUT2D eigenvalue weighted by Crippen LogP contribution is 2.35. The van der Waals surface area contributed by atoms with Crippen LogP contribution in [0.2, 0.25) is 0 Å². The maximum atomic E-state index is 12.3. The summed E-state index contributed by atoms with van der Waals surface area (Å²) in [6, 6.07) is 7.52. The van der Waals surface area contributed by atoms with Crippen molar-refractivity contribution in [2.45, 2.75) is 44.8 Å². The fourth-order valence-corrected chi connectivity index (χ4v) is 4.34. The van der Waals surface area contributed by atoms with Crippen molar-refractivity contribution in [2.24, 2.45) is 5.41 Å². The number of aliphatic hydroxyl groups is 1. The molecule has 118 valence electrons. The van der Waals surface area contributed by atoms with Gasteiger partial charge in [0.2, 0.25) is 10.0 Å². The third-order valence-electron chi connectivity index (χ3n) is 4.52. The number of hydrogen-bond donors (Lipinski definition) is 2. The molecule has 0 unspecified atom stereocenters. The Morgan fingerprint density at radius 1 is 1.19 bits per heavy atom. The number of sulfonamides is 1. The van der Waals surface area contributed by atoms with Crippen LogP contribution in [0.25, 0.3) is 0 Å².